The van der Waals surface area contributed by atoms with Crippen molar-refractivity contribution >= 4 is 16.5 Å². The van der Waals surface area contributed by atoms with Gasteiger partial charge in [-0.15, -0.1) is 10.2 Å². The summed E-state index contributed by atoms with van der Waals surface area (Å²) < 4.78 is 37.5. The predicted octanol–water partition coefficient (Wildman–Crippen LogP) is 2.92. The van der Waals surface area contributed by atoms with Crippen molar-refractivity contribution in [3.8, 4) is 0 Å². The summed E-state index contributed by atoms with van der Waals surface area (Å²) in [6, 6.07) is 5.29. The molecule has 0 saturated carbocycles. The van der Waals surface area contributed by atoms with Crippen molar-refractivity contribution in [1.82, 2.24) is 10.2 Å². The molecule has 1 heterocycles. The van der Waals surface area contributed by atoms with Crippen LogP contribution in [0.3, 0.4) is 0 Å². The van der Waals surface area contributed by atoms with E-state index in [0.717, 1.165) is 17.1 Å². The van der Waals surface area contributed by atoms with Gasteiger partial charge in [-0.3, -0.25) is 0 Å². The molecule has 0 aliphatic carbocycles. The number of nitrogens with two attached hydrogens (primary N) is 1. The number of alkyl halides is 3. The molecule has 0 bridgehead atoms. The maximum absolute atomic E-state index is 12.5. The summed E-state index contributed by atoms with van der Waals surface area (Å²) in [5.74, 6) is 0. The number of nitrogen functional groups attached to an aromatic ring is 1. The van der Waals surface area contributed by atoms with Crippen LogP contribution in [-0.4, -0.2) is 10.2 Å². The molecule has 0 atom stereocenters. The average Bonchev–Trinajstić information content (AvgIpc) is 2.72. The first-order valence-electron chi connectivity index (χ1n) is 5.19. The number of nitrogens with zero attached hydrogens (tertiary/aromatic N) is 2. The molecule has 0 amide bonds. The molecule has 18 heavy (non-hydrogen) atoms. The molecule has 0 fully saturated rings. The van der Waals surface area contributed by atoms with E-state index in [9.17, 15) is 13.2 Å². The van der Waals surface area contributed by atoms with Gasteiger partial charge < -0.3 is 5.73 Å². The fourth-order valence-corrected chi connectivity index (χ4v) is 2.13. The summed E-state index contributed by atoms with van der Waals surface area (Å²) in [6.45, 7) is 0. The lowest BCUT2D eigenvalue weighted by Crippen LogP contribution is -2.05. The van der Waals surface area contributed by atoms with E-state index in [-0.39, 0.29) is 0 Å². The van der Waals surface area contributed by atoms with Gasteiger partial charge >= 0.3 is 6.18 Å². The predicted molar refractivity (Wildman–Crippen MR) is 63.2 cm³/mol. The highest BCUT2D eigenvalue weighted by Crippen LogP contribution is 2.29. The lowest BCUT2D eigenvalue weighted by Gasteiger charge is -2.08. The zero-order valence-electron chi connectivity index (χ0n) is 9.24. The molecular weight excluding hydrogens is 263 g/mol. The summed E-state index contributed by atoms with van der Waals surface area (Å²) >= 11 is 1.25. The van der Waals surface area contributed by atoms with E-state index in [4.69, 9.17) is 5.73 Å². The molecule has 0 spiro atoms. The minimum atomic E-state index is -4.30. The minimum Gasteiger partial charge on any atom is -0.374 e. The Morgan fingerprint density at radius 1 is 1.17 bits per heavy atom. The third kappa shape index (κ3) is 3.19. The Kier molecular flexibility index (Phi) is 3.51. The lowest BCUT2D eigenvalue weighted by molar-refractivity contribution is -0.137. The number of aryl methyl sites for hydroxylation is 2. The van der Waals surface area contributed by atoms with Gasteiger partial charge in [0.05, 0.1) is 5.56 Å². The topological polar surface area (TPSA) is 51.8 Å². The van der Waals surface area contributed by atoms with Crippen molar-refractivity contribution in [2.45, 2.75) is 19.0 Å². The SMILES string of the molecule is Nc1nnc(CCc2cccc(C(F)(F)F)c2)s1. The first kappa shape index (κ1) is 12.8. The highest BCUT2D eigenvalue weighted by Gasteiger charge is 2.30. The van der Waals surface area contributed by atoms with Crippen molar-refractivity contribution in [3.63, 3.8) is 0 Å². The van der Waals surface area contributed by atoms with Gasteiger partial charge in [-0.1, -0.05) is 29.5 Å². The Labute approximate surface area is 105 Å². The van der Waals surface area contributed by atoms with Gasteiger partial charge in [0.25, 0.3) is 0 Å². The van der Waals surface area contributed by atoms with Crippen molar-refractivity contribution in [2.75, 3.05) is 5.73 Å². The van der Waals surface area contributed by atoms with Crippen LogP contribution < -0.4 is 5.73 Å². The van der Waals surface area contributed by atoms with Crippen LogP contribution in [0.2, 0.25) is 0 Å². The van der Waals surface area contributed by atoms with Crippen LogP contribution in [0.25, 0.3) is 0 Å². The Balaban J connectivity index is 2.06. The van der Waals surface area contributed by atoms with E-state index in [1.807, 2.05) is 0 Å². The van der Waals surface area contributed by atoms with Gasteiger partial charge in [-0.2, -0.15) is 13.2 Å². The van der Waals surface area contributed by atoms with Crippen molar-refractivity contribution < 1.29 is 13.2 Å². The molecule has 7 heteroatoms. The summed E-state index contributed by atoms with van der Waals surface area (Å²) in [6.07, 6.45) is -3.28. The Hall–Kier alpha value is -1.63. The van der Waals surface area contributed by atoms with E-state index in [1.54, 1.807) is 6.07 Å². The second-order valence-electron chi connectivity index (χ2n) is 3.73. The third-order valence-corrected chi connectivity index (χ3v) is 3.18. The number of anilines is 1. The van der Waals surface area contributed by atoms with Crippen LogP contribution in [0.15, 0.2) is 24.3 Å². The molecule has 96 valence electrons. The quantitative estimate of drug-likeness (QED) is 0.935. The summed E-state index contributed by atoms with van der Waals surface area (Å²) in [5, 5.41) is 8.57. The standard InChI is InChI=1S/C11H10F3N3S/c12-11(13,14)8-3-1-2-7(6-8)4-5-9-16-17-10(15)18-9/h1-3,6H,4-5H2,(H2,15,17). The minimum absolute atomic E-state index is 0.369. The molecular formula is C11H10F3N3S. The molecule has 3 nitrogen and oxygen atoms in total. The molecule has 0 saturated heterocycles. The van der Waals surface area contributed by atoms with Gasteiger partial charge in [0, 0.05) is 6.42 Å². The molecule has 2 N–H and O–H groups in total. The highest BCUT2D eigenvalue weighted by molar-refractivity contribution is 7.15. The van der Waals surface area contributed by atoms with E-state index in [2.05, 4.69) is 10.2 Å². The number of aromatic nitrogens is 2. The van der Waals surface area contributed by atoms with Gasteiger partial charge in [-0.25, -0.2) is 0 Å². The van der Waals surface area contributed by atoms with Crippen molar-refractivity contribution in [1.29, 1.82) is 0 Å². The molecule has 2 aromatic rings. The van der Waals surface area contributed by atoms with Crippen molar-refractivity contribution in [3.05, 3.63) is 40.4 Å². The van der Waals surface area contributed by atoms with E-state index >= 15 is 0 Å². The zero-order valence-corrected chi connectivity index (χ0v) is 10.1. The van der Waals surface area contributed by atoms with E-state index in [1.165, 1.54) is 17.4 Å². The number of hydrogen-bond acceptors (Lipinski definition) is 4. The number of hydrogen-bond donors (Lipinski definition) is 1. The highest BCUT2D eigenvalue weighted by atomic mass is 32.1. The molecule has 0 aliphatic rings. The third-order valence-electron chi connectivity index (χ3n) is 2.36. The second kappa shape index (κ2) is 4.93. The van der Waals surface area contributed by atoms with Gasteiger partial charge in [0.1, 0.15) is 5.01 Å². The largest absolute Gasteiger partial charge is 0.416 e. The fourth-order valence-electron chi connectivity index (χ4n) is 1.52. The summed E-state index contributed by atoms with van der Waals surface area (Å²) in [4.78, 5) is 0. The molecule has 1 aromatic heterocycles. The maximum Gasteiger partial charge on any atom is 0.416 e. The van der Waals surface area contributed by atoms with Crippen LogP contribution >= 0.6 is 11.3 Å². The lowest BCUT2D eigenvalue weighted by atomic mass is 10.1. The number of halogens is 3. The monoisotopic (exact) mass is 273 g/mol. The van der Waals surface area contributed by atoms with Crippen LogP contribution in [0, 0.1) is 0 Å². The Morgan fingerprint density at radius 2 is 1.94 bits per heavy atom. The van der Waals surface area contributed by atoms with Crippen LogP contribution in [0.5, 0.6) is 0 Å². The molecule has 0 radical (unpaired) electrons. The molecule has 2 rings (SSSR count). The first-order valence-corrected chi connectivity index (χ1v) is 6.01. The van der Waals surface area contributed by atoms with Crippen molar-refractivity contribution in [2.24, 2.45) is 0 Å². The molecule has 0 unspecified atom stereocenters. The Morgan fingerprint density at radius 3 is 2.56 bits per heavy atom. The van der Waals surface area contributed by atoms with Gasteiger partial charge in [-0.05, 0) is 18.1 Å². The smallest absolute Gasteiger partial charge is 0.374 e. The second-order valence-corrected chi connectivity index (χ2v) is 4.83. The van der Waals surface area contributed by atoms with Crippen LogP contribution in [0.1, 0.15) is 16.1 Å². The van der Waals surface area contributed by atoms with Crippen LogP contribution in [-0.2, 0) is 19.0 Å². The summed E-state index contributed by atoms with van der Waals surface area (Å²) in [7, 11) is 0. The number of rotatable bonds is 3. The van der Waals surface area contributed by atoms with Gasteiger partial charge in [0.15, 0.2) is 0 Å². The van der Waals surface area contributed by atoms with E-state index in [0.29, 0.717) is 23.5 Å². The fraction of sp³-hybridized carbons (Fsp3) is 0.273. The molecule has 1 aromatic carbocycles. The first-order chi connectivity index (χ1) is 8.45. The van der Waals surface area contributed by atoms with Gasteiger partial charge in [0.2, 0.25) is 5.13 Å². The summed E-state index contributed by atoms with van der Waals surface area (Å²) in [5.41, 5.74) is 5.42. The maximum atomic E-state index is 12.5. The Bertz CT molecular complexity index is 536. The normalized spacial score (nSPS) is 11.7. The average molecular weight is 273 g/mol. The molecule has 0 aliphatic heterocycles. The van der Waals surface area contributed by atoms with E-state index < -0.39 is 11.7 Å². The van der Waals surface area contributed by atoms with Crippen LogP contribution in [0.4, 0.5) is 18.3 Å². The zero-order chi connectivity index (χ0) is 13.2. The number of benzene rings is 1.